The molecule has 0 saturated carbocycles. The number of aliphatic hydroxyl groups excluding tert-OH is 1. The maximum atomic E-state index is 12.4. The highest BCUT2D eigenvalue weighted by atomic mass is 31.2. The molecule has 0 aromatic rings. The van der Waals surface area contributed by atoms with Crippen LogP contribution in [-0.2, 0) is 28.2 Å². The maximum Gasteiger partial charge on any atom is 0.469 e. The van der Waals surface area contributed by atoms with Crippen LogP contribution in [0.3, 0.4) is 0 Å². The Kier molecular flexibility index (Phi) is 36.2. The van der Waals surface area contributed by atoms with Crippen LogP contribution < -0.4 is 0 Å². The number of hydrogen-bond acceptors (Lipinski definition) is 7. The average Bonchev–Trinajstić information content (AvgIpc) is 3.15. The van der Waals surface area contributed by atoms with Gasteiger partial charge >= 0.3 is 19.8 Å². The molecular formula is C45H69O9P. The molecular weight excluding hydrogens is 715 g/mol. The van der Waals surface area contributed by atoms with Gasteiger partial charge in [-0.2, -0.15) is 0 Å². The highest BCUT2D eigenvalue weighted by Crippen LogP contribution is 2.35. The van der Waals surface area contributed by atoms with E-state index in [0.717, 1.165) is 64.2 Å². The Labute approximate surface area is 331 Å². The molecule has 0 rings (SSSR count). The summed E-state index contributed by atoms with van der Waals surface area (Å²) in [6, 6.07) is 0. The van der Waals surface area contributed by atoms with Gasteiger partial charge in [-0.25, -0.2) is 4.57 Å². The number of rotatable bonds is 34. The predicted octanol–water partition coefficient (Wildman–Crippen LogP) is 11.1. The third-order valence-corrected chi connectivity index (χ3v) is 8.04. The van der Waals surface area contributed by atoms with E-state index in [1.54, 1.807) is 6.08 Å². The number of ether oxygens (including phenoxy) is 2. The number of hydrogen-bond donors (Lipinski definition) is 3. The number of esters is 2. The molecule has 0 amide bonds. The van der Waals surface area contributed by atoms with E-state index in [1.165, 1.54) is 0 Å². The lowest BCUT2D eigenvalue weighted by Crippen LogP contribution is -2.29. The van der Waals surface area contributed by atoms with Crippen LogP contribution in [0.4, 0.5) is 0 Å². The van der Waals surface area contributed by atoms with Crippen LogP contribution in [0.2, 0.25) is 0 Å². The number of allylic oxidation sites excluding steroid dienone is 18. The van der Waals surface area contributed by atoms with Gasteiger partial charge in [0.15, 0.2) is 6.10 Å². The number of phosphoric ester groups is 1. The first-order chi connectivity index (χ1) is 26.7. The summed E-state index contributed by atoms with van der Waals surface area (Å²) in [4.78, 5) is 42.8. The van der Waals surface area contributed by atoms with Crippen LogP contribution in [0.15, 0.2) is 122 Å². The Hall–Kier alpha value is -3.59. The summed E-state index contributed by atoms with van der Waals surface area (Å²) in [6.45, 7) is 3.28. The number of carbonyl (C=O) groups is 2. The fourth-order valence-corrected chi connectivity index (χ4v) is 4.99. The quantitative estimate of drug-likeness (QED) is 0.0191. The highest BCUT2D eigenvalue weighted by Gasteiger charge is 2.22. The summed E-state index contributed by atoms with van der Waals surface area (Å²) in [7, 11) is -4.80. The maximum absolute atomic E-state index is 12.4. The second-order valence-electron chi connectivity index (χ2n) is 12.7. The molecule has 3 N–H and O–H groups in total. The molecule has 0 aliphatic carbocycles. The molecule has 0 spiro atoms. The van der Waals surface area contributed by atoms with Gasteiger partial charge in [0.1, 0.15) is 6.61 Å². The summed E-state index contributed by atoms with van der Waals surface area (Å²) in [5.74, 6) is -1.05. The van der Waals surface area contributed by atoms with Crippen LogP contribution in [-0.4, -0.2) is 52.3 Å². The average molecular weight is 785 g/mol. The van der Waals surface area contributed by atoms with Gasteiger partial charge in [0.25, 0.3) is 0 Å². The molecule has 0 bridgehead atoms. The van der Waals surface area contributed by atoms with Crippen LogP contribution in [0.25, 0.3) is 0 Å². The summed E-state index contributed by atoms with van der Waals surface area (Å²) >= 11 is 0. The summed E-state index contributed by atoms with van der Waals surface area (Å²) in [6.07, 6.45) is 52.4. The topological polar surface area (TPSA) is 140 Å². The van der Waals surface area contributed by atoms with E-state index < -0.39 is 38.6 Å². The SMILES string of the molecule is CC/C=C\C/C=C\C/C=C\C/C=C\C/C=C\CCCCCC(=O)OC[C@H](COP(=O)(O)O)OC(=O)CCC/C=C\C/C=C\C=C\C(O)C/C=C\C/C=C\CC. The molecule has 55 heavy (non-hydrogen) atoms. The standard InChI is InChI=1S/C45H69O9P/c1-3-5-7-9-11-12-13-14-15-16-17-18-19-20-21-22-26-30-34-38-44(47)52-40-43(41-53-55(49,50)51)54-45(48)39-35-31-27-24-23-25-29-33-37-42(46)36-32-28-10-8-6-4-2/h5-8,11-12,14-15,17-18,20-21,24-25,27-29,32-33,37,42-43,46H,3-4,9-10,13,16,19,22-23,26,30-31,34-36,38-41H2,1-2H3,(H2,49,50,51)/b7-5-,8-6-,12-11-,15-14-,18-17-,21-20-,27-24-,29-25-,32-28-,37-33+/t42?,43-/m1/s1. The van der Waals surface area contributed by atoms with Crippen molar-refractivity contribution in [2.75, 3.05) is 13.2 Å². The second-order valence-corrected chi connectivity index (χ2v) is 13.9. The molecule has 0 saturated heterocycles. The van der Waals surface area contributed by atoms with Gasteiger partial charge in [0.2, 0.25) is 0 Å². The zero-order chi connectivity index (χ0) is 40.5. The summed E-state index contributed by atoms with van der Waals surface area (Å²) in [5, 5.41) is 9.98. The Morgan fingerprint density at radius 3 is 1.62 bits per heavy atom. The molecule has 0 heterocycles. The molecule has 0 aromatic carbocycles. The molecule has 0 aliphatic rings. The van der Waals surface area contributed by atoms with Crippen molar-refractivity contribution in [1.82, 2.24) is 0 Å². The molecule has 0 fully saturated rings. The van der Waals surface area contributed by atoms with Gasteiger partial charge in [0, 0.05) is 12.8 Å². The molecule has 9 nitrogen and oxygen atoms in total. The van der Waals surface area contributed by atoms with Gasteiger partial charge in [-0.15, -0.1) is 0 Å². The van der Waals surface area contributed by atoms with Gasteiger partial charge < -0.3 is 24.4 Å². The molecule has 1 unspecified atom stereocenters. The zero-order valence-corrected chi connectivity index (χ0v) is 34.3. The van der Waals surface area contributed by atoms with E-state index in [2.05, 4.69) is 91.3 Å². The van der Waals surface area contributed by atoms with Crippen LogP contribution in [0.5, 0.6) is 0 Å². The second kappa shape index (κ2) is 38.7. The van der Waals surface area contributed by atoms with E-state index >= 15 is 0 Å². The van der Waals surface area contributed by atoms with E-state index in [1.807, 2.05) is 42.5 Å². The third-order valence-electron chi connectivity index (χ3n) is 7.56. The first-order valence-electron chi connectivity index (χ1n) is 19.9. The Morgan fingerprint density at radius 2 is 1.05 bits per heavy atom. The Bertz CT molecular complexity index is 1310. The first-order valence-corrected chi connectivity index (χ1v) is 21.5. The summed E-state index contributed by atoms with van der Waals surface area (Å²) in [5.41, 5.74) is 0. The van der Waals surface area contributed by atoms with Crippen molar-refractivity contribution in [3.63, 3.8) is 0 Å². The fourth-order valence-electron chi connectivity index (χ4n) is 4.63. The Balaban J connectivity index is 4.21. The Morgan fingerprint density at radius 1 is 0.564 bits per heavy atom. The van der Waals surface area contributed by atoms with Crippen molar-refractivity contribution in [3.05, 3.63) is 122 Å². The molecule has 0 radical (unpaired) electrons. The van der Waals surface area contributed by atoms with Crippen LogP contribution >= 0.6 is 7.82 Å². The molecule has 0 aromatic heterocycles. The van der Waals surface area contributed by atoms with E-state index in [-0.39, 0.29) is 19.4 Å². The van der Waals surface area contributed by atoms with Crippen molar-refractivity contribution in [2.24, 2.45) is 0 Å². The number of phosphoric acid groups is 1. The third kappa shape index (κ3) is 41.4. The first kappa shape index (κ1) is 51.4. The van der Waals surface area contributed by atoms with Crippen LogP contribution in [0.1, 0.15) is 123 Å². The lowest BCUT2D eigenvalue weighted by atomic mass is 10.1. The zero-order valence-electron chi connectivity index (χ0n) is 33.4. The van der Waals surface area contributed by atoms with Crippen molar-refractivity contribution < 1.29 is 43.0 Å². The number of aliphatic hydroxyl groups is 1. The minimum absolute atomic E-state index is 0.0857. The van der Waals surface area contributed by atoms with E-state index in [9.17, 15) is 19.3 Å². The van der Waals surface area contributed by atoms with Crippen molar-refractivity contribution in [1.29, 1.82) is 0 Å². The molecule has 2 atom stereocenters. The van der Waals surface area contributed by atoms with Gasteiger partial charge in [-0.05, 0) is 89.9 Å². The normalized spacial score (nSPS) is 14.3. The molecule has 10 heteroatoms. The monoisotopic (exact) mass is 784 g/mol. The molecule has 308 valence electrons. The van der Waals surface area contributed by atoms with Gasteiger partial charge in [0.05, 0.1) is 12.7 Å². The van der Waals surface area contributed by atoms with Gasteiger partial charge in [-0.3, -0.25) is 14.1 Å². The predicted molar refractivity (Wildman–Crippen MR) is 226 cm³/mol. The fraction of sp³-hybridized carbons (Fsp3) is 0.511. The van der Waals surface area contributed by atoms with E-state index in [4.69, 9.17) is 19.3 Å². The van der Waals surface area contributed by atoms with Crippen molar-refractivity contribution in [3.8, 4) is 0 Å². The van der Waals surface area contributed by atoms with Crippen molar-refractivity contribution >= 4 is 19.8 Å². The molecule has 0 aliphatic heterocycles. The smallest absolute Gasteiger partial charge is 0.462 e. The lowest BCUT2D eigenvalue weighted by molar-refractivity contribution is -0.161. The number of carbonyl (C=O) groups excluding carboxylic acids is 2. The minimum Gasteiger partial charge on any atom is -0.462 e. The van der Waals surface area contributed by atoms with E-state index in [0.29, 0.717) is 32.1 Å². The van der Waals surface area contributed by atoms with Crippen molar-refractivity contribution in [2.45, 2.75) is 135 Å². The van der Waals surface area contributed by atoms with Crippen LogP contribution in [0, 0.1) is 0 Å². The lowest BCUT2D eigenvalue weighted by Gasteiger charge is -2.18. The highest BCUT2D eigenvalue weighted by molar-refractivity contribution is 7.46. The minimum atomic E-state index is -4.80. The number of unbranched alkanes of at least 4 members (excludes halogenated alkanes) is 4. The largest absolute Gasteiger partial charge is 0.469 e. The van der Waals surface area contributed by atoms with Gasteiger partial charge in [-0.1, -0.05) is 142 Å². The summed E-state index contributed by atoms with van der Waals surface area (Å²) < 4.78 is 26.2.